The van der Waals surface area contributed by atoms with Gasteiger partial charge in [-0.25, -0.2) is 9.18 Å². The van der Waals surface area contributed by atoms with Crippen LogP contribution in [0.4, 0.5) is 9.18 Å². The minimum absolute atomic E-state index is 0.0890. The van der Waals surface area contributed by atoms with E-state index < -0.39 is 6.09 Å². The first-order chi connectivity index (χ1) is 6.77. The fourth-order valence-electron chi connectivity index (χ4n) is 1.50. The van der Waals surface area contributed by atoms with E-state index in [-0.39, 0.29) is 18.3 Å². The quantitative estimate of drug-likeness (QED) is 0.739. The van der Waals surface area contributed by atoms with Crippen LogP contribution in [-0.2, 0) is 4.74 Å². The van der Waals surface area contributed by atoms with Gasteiger partial charge in [0.2, 0.25) is 0 Å². The normalized spacial score (nSPS) is 21.2. The number of carbonyl (C=O) groups excluding carboxylic acids is 1. The van der Waals surface area contributed by atoms with Crippen LogP contribution >= 0.6 is 0 Å². The lowest BCUT2D eigenvalue weighted by Gasteiger charge is -2.23. The van der Waals surface area contributed by atoms with Gasteiger partial charge in [0.25, 0.3) is 0 Å². The maximum absolute atomic E-state index is 13.3. The SMILES string of the molecule is O=C1NCC(c2ccccc2F)CO1. The fourth-order valence-corrected chi connectivity index (χ4v) is 1.50. The van der Waals surface area contributed by atoms with Crippen molar-refractivity contribution in [2.24, 2.45) is 0 Å². The maximum atomic E-state index is 13.3. The number of benzene rings is 1. The molecule has 1 aliphatic heterocycles. The second-order valence-electron chi connectivity index (χ2n) is 3.20. The van der Waals surface area contributed by atoms with Crippen LogP contribution in [0.1, 0.15) is 11.5 Å². The van der Waals surface area contributed by atoms with Gasteiger partial charge in [0.05, 0.1) is 0 Å². The molecule has 1 aromatic carbocycles. The standard InChI is InChI=1S/C10H10FNO2/c11-9-4-2-1-3-8(9)7-5-12-10(13)14-6-7/h1-4,7H,5-6H2,(H,12,13). The lowest BCUT2D eigenvalue weighted by Crippen LogP contribution is -2.37. The number of carbonyl (C=O) groups is 1. The highest BCUT2D eigenvalue weighted by molar-refractivity contribution is 5.68. The van der Waals surface area contributed by atoms with Crippen molar-refractivity contribution < 1.29 is 13.9 Å². The summed E-state index contributed by atoms with van der Waals surface area (Å²) in [5, 5.41) is 2.53. The summed E-state index contributed by atoms with van der Waals surface area (Å²) in [6, 6.07) is 6.53. The highest BCUT2D eigenvalue weighted by atomic mass is 19.1. The first-order valence-corrected chi connectivity index (χ1v) is 4.42. The van der Waals surface area contributed by atoms with E-state index >= 15 is 0 Å². The van der Waals surface area contributed by atoms with Crippen LogP contribution in [0.5, 0.6) is 0 Å². The summed E-state index contributed by atoms with van der Waals surface area (Å²) in [7, 11) is 0. The number of nitrogens with one attached hydrogen (secondary N) is 1. The predicted molar refractivity (Wildman–Crippen MR) is 48.5 cm³/mol. The van der Waals surface area contributed by atoms with Crippen molar-refractivity contribution in [1.82, 2.24) is 5.32 Å². The van der Waals surface area contributed by atoms with E-state index in [1.165, 1.54) is 6.07 Å². The van der Waals surface area contributed by atoms with E-state index in [1.54, 1.807) is 18.2 Å². The first kappa shape index (κ1) is 8.99. The smallest absolute Gasteiger partial charge is 0.407 e. The number of hydrogen-bond acceptors (Lipinski definition) is 2. The van der Waals surface area contributed by atoms with Crippen LogP contribution in [0, 0.1) is 5.82 Å². The molecule has 1 saturated heterocycles. The Morgan fingerprint density at radius 3 is 2.86 bits per heavy atom. The number of ether oxygens (including phenoxy) is 1. The number of amides is 1. The van der Waals surface area contributed by atoms with Crippen molar-refractivity contribution >= 4 is 6.09 Å². The maximum Gasteiger partial charge on any atom is 0.407 e. The number of halogens is 1. The zero-order valence-corrected chi connectivity index (χ0v) is 7.50. The minimum Gasteiger partial charge on any atom is -0.449 e. The third-order valence-electron chi connectivity index (χ3n) is 2.25. The number of cyclic esters (lactones) is 1. The molecule has 1 fully saturated rings. The van der Waals surface area contributed by atoms with Crippen molar-refractivity contribution in [1.29, 1.82) is 0 Å². The highest BCUT2D eigenvalue weighted by Gasteiger charge is 2.22. The average molecular weight is 195 g/mol. The summed E-state index contributed by atoms with van der Waals surface area (Å²) in [6.45, 7) is 0.673. The van der Waals surface area contributed by atoms with E-state index in [9.17, 15) is 9.18 Å². The summed E-state index contributed by atoms with van der Waals surface area (Å²) in [4.78, 5) is 10.7. The van der Waals surface area contributed by atoms with Crippen LogP contribution in [-0.4, -0.2) is 19.2 Å². The molecular weight excluding hydrogens is 185 g/mol. The van der Waals surface area contributed by atoms with Gasteiger partial charge < -0.3 is 10.1 Å². The molecule has 0 spiro atoms. The molecule has 0 aromatic heterocycles. The molecule has 0 saturated carbocycles. The Morgan fingerprint density at radius 1 is 1.43 bits per heavy atom. The first-order valence-electron chi connectivity index (χ1n) is 4.42. The minimum atomic E-state index is -0.433. The van der Waals surface area contributed by atoms with Crippen LogP contribution in [0.2, 0.25) is 0 Å². The summed E-state index contributed by atoms with van der Waals surface area (Å²) in [6.07, 6.45) is -0.433. The van der Waals surface area contributed by atoms with Crippen molar-refractivity contribution in [3.63, 3.8) is 0 Å². The Labute approximate surface area is 80.9 Å². The van der Waals surface area contributed by atoms with Crippen molar-refractivity contribution in [2.75, 3.05) is 13.2 Å². The number of rotatable bonds is 1. The van der Waals surface area contributed by atoms with Crippen LogP contribution in [0.15, 0.2) is 24.3 Å². The predicted octanol–water partition coefficient (Wildman–Crippen LogP) is 1.65. The molecule has 1 atom stereocenters. The largest absolute Gasteiger partial charge is 0.449 e. The summed E-state index contributed by atoms with van der Waals surface area (Å²) in [5.41, 5.74) is 0.590. The van der Waals surface area contributed by atoms with Gasteiger partial charge in [0, 0.05) is 12.5 Å². The molecule has 1 N–H and O–H groups in total. The fraction of sp³-hybridized carbons (Fsp3) is 0.300. The van der Waals surface area contributed by atoms with Crippen LogP contribution < -0.4 is 5.32 Å². The Morgan fingerprint density at radius 2 is 2.21 bits per heavy atom. The van der Waals surface area contributed by atoms with Gasteiger partial charge in [-0.05, 0) is 11.6 Å². The Bertz CT molecular complexity index is 344. The molecule has 1 heterocycles. The lowest BCUT2D eigenvalue weighted by molar-refractivity contribution is 0.119. The van der Waals surface area contributed by atoms with Crippen LogP contribution in [0.25, 0.3) is 0 Å². The molecule has 3 nitrogen and oxygen atoms in total. The molecular formula is C10H10FNO2. The molecule has 1 aliphatic rings. The Kier molecular flexibility index (Phi) is 2.35. The van der Waals surface area contributed by atoms with Crippen molar-refractivity contribution in [3.8, 4) is 0 Å². The topological polar surface area (TPSA) is 38.3 Å². The summed E-state index contributed by atoms with van der Waals surface area (Å²) >= 11 is 0. The zero-order chi connectivity index (χ0) is 9.97. The molecule has 1 amide bonds. The molecule has 0 radical (unpaired) electrons. The second-order valence-corrected chi connectivity index (χ2v) is 3.20. The Hall–Kier alpha value is -1.58. The molecule has 1 aromatic rings. The third kappa shape index (κ3) is 1.69. The Balaban J connectivity index is 2.16. The van der Waals surface area contributed by atoms with E-state index in [0.717, 1.165) is 0 Å². The molecule has 1 unspecified atom stereocenters. The lowest BCUT2D eigenvalue weighted by atomic mass is 9.99. The van der Waals surface area contributed by atoms with Gasteiger partial charge in [0.15, 0.2) is 0 Å². The summed E-state index contributed by atoms with van der Waals surface area (Å²) < 4.78 is 18.1. The van der Waals surface area contributed by atoms with E-state index in [1.807, 2.05) is 0 Å². The second kappa shape index (κ2) is 3.65. The molecule has 0 bridgehead atoms. The highest BCUT2D eigenvalue weighted by Crippen LogP contribution is 2.20. The van der Waals surface area contributed by atoms with E-state index in [4.69, 9.17) is 4.74 Å². The van der Waals surface area contributed by atoms with Gasteiger partial charge in [-0.1, -0.05) is 18.2 Å². The summed E-state index contributed by atoms with van der Waals surface area (Å²) in [5.74, 6) is -0.342. The molecule has 0 aliphatic carbocycles. The molecule has 74 valence electrons. The van der Waals surface area contributed by atoms with Gasteiger partial charge in [0.1, 0.15) is 12.4 Å². The molecule has 2 rings (SSSR count). The van der Waals surface area contributed by atoms with Crippen LogP contribution in [0.3, 0.4) is 0 Å². The molecule has 4 heteroatoms. The molecule has 14 heavy (non-hydrogen) atoms. The van der Waals surface area contributed by atoms with Crippen molar-refractivity contribution in [2.45, 2.75) is 5.92 Å². The van der Waals surface area contributed by atoms with Gasteiger partial charge in [-0.15, -0.1) is 0 Å². The number of alkyl carbamates (subject to hydrolysis) is 1. The zero-order valence-electron chi connectivity index (χ0n) is 7.50. The van der Waals surface area contributed by atoms with Gasteiger partial charge in [-0.3, -0.25) is 0 Å². The monoisotopic (exact) mass is 195 g/mol. The van der Waals surface area contributed by atoms with E-state index in [0.29, 0.717) is 12.1 Å². The van der Waals surface area contributed by atoms with E-state index in [2.05, 4.69) is 5.32 Å². The average Bonchev–Trinajstić information content (AvgIpc) is 2.20. The third-order valence-corrected chi connectivity index (χ3v) is 2.25. The van der Waals surface area contributed by atoms with Crippen molar-refractivity contribution in [3.05, 3.63) is 35.6 Å². The van der Waals surface area contributed by atoms with Gasteiger partial charge >= 0.3 is 6.09 Å². The van der Waals surface area contributed by atoms with Gasteiger partial charge in [-0.2, -0.15) is 0 Å². The number of hydrogen-bond donors (Lipinski definition) is 1.